The second kappa shape index (κ2) is 5.29. The van der Waals surface area contributed by atoms with E-state index in [1.165, 1.54) is 16.0 Å². The van der Waals surface area contributed by atoms with Crippen molar-refractivity contribution in [3.8, 4) is 0 Å². The maximum atomic E-state index is 8.17. The Labute approximate surface area is 90.9 Å². The zero-order chi connectivity index (χ0) is 11.4. The fourth-order valence-electron chi connectivity index (χ4n) is 1.35. The lowest BCUT2D eigenvalue weighted by atomic mass is 9.91. The van der Waals surface area contributed by atoms with E-state index >= 15 is 0 Å². The molecule has 0 heterocycles. The molecule has 0 aromatic heterocycles. The SMILES string of the molecule is CC(C)c1cc2ccc1=2.CC(CO)CO. The number of aliphatic hydroxyl groups excluding tert-OH is 2. The van der Waals surface area contributed by atoms with Gasteiger partial charge in [0.25, 0.3) is 0 Å². The van der Waals surface area contributed by atoms with Gasteiger partial charge in [-0.3, -0.25) is 0 Å². The first-order chi connectivity index (χ1) is 7.10. The summed E-state index contributed by atoms with van der Waals surface area (Å²) in [6.07, 6.45) is 0. The van der Waals surface area contributed by atoms with Gasteiger partial charge in [0.15, 0.2) is 0 Å². The minimum atomic E-state index is 0.0463. The predicted octanol–water partition coefficient (Wildman–Crippen LogP) is 2.02. The lowest BCUT2D eigenvalue weighted by molar-refractivity contribution is 0.162. The van der Waals surface area contributed by atoms with Gasteiger partial charge in [-0.25, -0.2) is 0 Å². The first-order valence-corrected chi connectivity index (χ1v) is 5.46. The summed E-state index contributed by atoms with van der Waals surface area (Å²) < 4.78 is 0. The molecule has 2 nitrogen and oxygen atoms in total. The molecule has 84 valence electrons. The van der Waals surface area contributed by atoms with Gasteiger partial charge in [0.2, 0.25) is 0 Å². The number of benzene rings is 1. The van der Waals surface area contributed by atoms with Crippen LogP contribution in [-0.4, -0.2) is 23.4 Å². The van der Waals surface area contributed by atoms with Crippen molar-refractivity contribution >= 4 is 0 Å². The number of hydrogen-bond acceptors (Lipinski definition) is 2. The molecule has 0 saturated heterocycles. The monoisotopic (exact) mass is 208 g/mol. The second-order valence-electron chi connectivity index (χ2n) is 4.43. The highest BCUT2D eigenvalue weighted by Crippen LogP contribution is 2.23. The highest BCUT2D eigenvalue weighted by atomic mass is 16.3. The average molecular weight is 208 g/mol. The molecule has 2 heteroatoms. The van der Waals surface area contributed by atoms with Crippen molar-refractivity contribution in [3.05, 3.63) is 34.2 Å². The van der Waals surface area contributed by atoms with Gasteiger partial charge in [-0.15, -0.1) is 0 Å². The van der Waals surface area contributed by atoms with Crippen LogP contribution in [0.15, 0.2) is 18.2 Å². The molecule has 15 heavy (non-hydrogen) atoms. The minimum Gasteiger partial charge on any atom is -0.396 e. The summed E-state index contributed by atoms with van der Waals surface area (Å²) >= 11 is 0. The molecule has 2 rings (SSSR count). The van der Waals surface area contributed by atoms with Gasteiger partial charge >= 0.3 is 0 Å². The first-order valence-electron chi connectivity index (χ1n) is 5.46. The van der Waals surface area contributed by atoms with Crippen LogP contribution < -0.4 is 0 Å². The van der Waals surface area contributed by atoms with Crippen molar-refractivity contribution in [2.24, 2.45) is 5.92 Å². The Morgan fingerprint density at radius 3 is 1.73 bits per heavy atom. The van der Waals surface area contributed by atoms with Crippen LogP contribution in [0.2, 0.25) is 0 Å². The highest BCUT2D eigenvalue weighted by molar-refractivity contribution is 5.35. The number of aliphatic hydroxyl groups is 2. The van der Waals surface area contributed by atoms with E-state index in [1.54, 1.807) is 6.92 Å². The Bertz CT molecular complexity index is 391. The van der Waals surface area contributed by atoms with Gasteiger partial charge in [-0.2, -0.15) is 0 Å². The zero-order valence-electron chi connectivity index (χ0n) is 9.70. The van der Waals surface area contributed by atoms with E-state index in [2.05, 4.69) is 32.0 Å². The van der Waals surface area contributed by atoms with Crippen molar-refractivity contribution in [2.75, 3.05) is 13.2 Å². The van der Waals surface area contributed by atoms with Crippen LogP contribution in [0.3, 0.4) is 0 Å². The van der Waals surface area contributed by atoms with Gasteiger partial charge in [0.05, 0.1) is 0 Å². The molecule has 0 aromatic rings. The molecule has 0 saturated carbocycles. The minimum absolute atomic E-state index is 0.0463. The van der Waals surface area contributed by atoms with Gasteiger partial charge in [-0.05, 0) is 21.9 Å². The topological polar surface area (TPSA) is 40.5 Å². The third-order valence-corrected chi connectivity index (χ3v) is 2.61. The molecule has 0 bridgehead atoms. The van der Waals surface area contributed by atoms with E-state index in [4.69, 9.17) is 10.2 Å². The van der Waals surface area contributed by atoms with Gasteiger partial charge < -0.3 is 10.2 Å². The molecule has 0 aromatic carbocycles. The van der Waals surface area contributed by atoms with Gasteiger partial charge in [0, 0.05) is 19.1 Å². The molecule has 0 atom stereocenters. The lowest BCUT2D eigenvalue weighted by Crippen LogP contribution is -2.04. The van der Waals surface area contributed by atoms with E-state index in [9.17, 15) is 0 Å². The largest absolute Gasteiger partial charge is 0.396 e. The third kappa shape index (κ3) is 2.80. The predicted molar refractivity (Wildman–Crippen MR) is 61.5 cm³/mol. The van der Waals surface area contributed by atoms with Crippen LogP contribution in [-0.2, 0) is 0 Å². The van der Waals surface area contributed by atoms with Crippen LogP contribution in [0.4, 0.5) is 0 Å². The number of hydrogen-bond donors (Lipinski definition) is 2. The summed E-state index contributed by atoms with van der Waals surface area (Å²) in [4.78, 5) is 0. The fourth-order valence-corrected chi connectivity index (χ4v) is 1.35. The molecular weight excluding hydrogens is 188 g/mol. The van der Waals surface area contributed by atoms with Crippen LogP contribution in [0, 0.1) is 16.4 Å². The smallest absolute Gasteiger partial charge is 0.0478 e. The van der Waals surface area contributed by atoms with E-state index in [0.29, 0.717) is 5.92 Å². The van der Waals surface area contributed by atoms with E-state index in [0.717, 1.165) is 0 Å². The van der Waals surface area contributed by atoms with E-state index < -0.39 is 0 Å². The maximum Gasteiger partial charge on any atom is 0.0478 e. The summed E-state index contributed by atoms with van der Waals surface area (Å²) in [5.74, 6) is 0.763. The number of rotatable bonds is 3. The molecule has 0 amide bonds. The molecule has 0 aliphatic heterocycles. The Balaban J connectivity index is 0.000000167. The average Bonchev–Trinajstić information content (AvgIpc) is 2.21. The highest BCUT2D eigenvalue weighted by Gasteiger charge is 2.07. The van der Waals surface area contributed by atoms with Gasteiger partial charge in [0.1, 0.15) is 0 Å². The molecular formula is C13H20O2. The Hall–Kier alpha value is -0.860. The molecule has 0 fully saturated rings. The Morgan fingerprint density at radius 1 is 1.07 bits per heavy atom. The normalized spacial score (nSPS) is 11.4. The van der Waals surface area contributed by atoms with Crippen LogP contribution in [0.5, 0.6) is 0 Å². The Morgan fingerprint density at radius 2 is 1.67 bits per heavy atom. The van der Waals surface area contributed by atoms with E-state index in [-0.39, 0.29) is 19.1 Å². The molecule has 0 unspecified atom stereocenters. The van der Waals surface area contributed by atoms with E-state index in [1.807, 2.05) is 0 Å². The van der Waals surface area contributed by atoms with Crippen molar-refractivity contribution in [1.82, 2.24) is 0 Å². The molecule has 2 N–H and O–H groups in total. The molecule has 0 radical (unpaired) electrons. The van der Waals surface area contributed by atoms with Crippen molar-refractivity contribution in [1.29, 1.82) is 0 Å². The second-order valence-corrected chi connectivity index (χ2v) is 4.43. The summed E-state index contributed by atoms with van der Waals surface area (Å²) in [7, 11) is 0. The fraction of sp³-hybridized carbons (Fsp3) is 0.538. The zero-order valence-corrected chi connectivity index (χ0v) is 9.70. The van der Waals surface area contributed by atoms with Crippen LogP contribution >= 0.6 is 0 Å². The molecule has 2 aliphatic rings. The maximum absolute atomic E-state index is 8.17. The molecule has 0 spiro atoms. The summed E-state index contributed by atoms with van der Waals surface area (Å²) in [6, 6.07) is 6.64. The van der Waals surface area contributed by atoms with Crippen molar-refractivity contribution in [3.63, 3.8) is 0 Å². The first kappa shape index (κ1) is 12.2. The lowest BCUT2D eigenvalue weighted by Gasteiger charge is -2.13. The summed E-state index contributed by atoms with van der Waals surface area (Å²) in [6.45, 7) is 6.41. The Kier molecular flexibility index (Phi) is 4.30. The summed E-state index contributed by atoms with van der Waals surface area (Å²) in [5, 5.41) is 19.3. The van der Waals surface area contributed by atoms with Crippen molar-refractivity contribution in [2.45, 2.75) is 26.7 Å². The molecule has 2 aliphatic carbocycles. The van der Waals surface area contributed by atoms with Crippen LogP contribution in [0.1, 0.15) is 32.3 Å². The summed E-state index contributed by atoms with van der Waals surface area (Å²) in [5.41, 5.74) is 1.53. The quantitative estimate of drug-likeness (QED) is 0.810. The third-order valence-electron chi connectivity index (χ3n) is 2.61. The standard InChI is InChI=1S/C9H10.C4H10O2/c1-6(2)9-5-7-3-4-8(7)9;1-4(2-5)3-6/h3-6H,1-2H3;4-6H,2-3H2,1H3. The van der Waals surface area contributed by atoms with Crippen molar-refractivity contribution < 1.29 is 10.2 Å². The van der Waals surface area contributed by atoms with Gasteiger partial charge in [-0.1, -0.05) is 39.0 Å². The van der Waals surface area contributed by atoms with Crippen LogP contribution in [0.25, 0.3) is 0 Å².